The number of amides is 1. The van der Waals surface area contributed by atoms with Crippen LogP contribution in [-0.2, 0) is 0 Å². The molecule has 0 unspecified atom stereocenters. The molecule has 1 saturated carbocycles. The Balaban J connectivity index is 1.82. The van der Waals surface area contributed by atoms with Crippen LogP contribution in [0.15, 0.2) is 60.7 Å². The van der Waals surface area contributed by atoms with Crippen molar-refractivity contribution in [3.63, 3.8) is 0 Å². The first-order valence-corrected chi connectivity index (χ1v) is 7.44. The van der Waals surface area contributed by atoms with Gasteiger partial charge in [-0.05, 0) is 24.1 Å². The third-order valence-corrected chi connectivity index (χ3v) is 4.25. The summed E-state index contributed by atoms with van der Waals surface area (Å²) in [5.41, 5.74) is 1.55. The van der Waals surface area contributed by atoms with Gasteiger partial charge in [-0.25, -0.2) is 0 Å². The molecule has 4 atom stereocenters. The zero-order valence-electron chi connectivity index (χ0n) is 12.1. The van der Waals surface area contributed by atoms with Crippen molar-refractivity contribution < 1.29 is 15.0 Å². The molecule has 1 aliphatic carbocycles. The number of carbonyl (C=O) groups excluding carboxylic acids is 1. The second-order valence-electron chi connectivity index (χ2n) is 5.68. The second-order valence-corrected chi connectivity index (χ2v) is 5.68. The summed E-state index contributed by atoms with van der Waals surface area (Å²) in [6, 6.07) is 18.1. The van der Waals surface area contributed by atoms with E-state index >= 15 is 0 Å². The highest BCUT2D eigenvalue weighted by Crippen LogP contribution is 2.35. The number of nitrogens with one attached hydrogen (secondary N) is 1. The molecule has 0 aliphatic heterocycles. The van der Waals surface area contributed by atoms with Crippen molar-refractivity contribution in [3.05, 3.63) is 71.8 Å². The number of benzene rings is 2. The standard InChI is InChI=1S/C18H19NO3/c20-15-11-14(12-7-3-1-4-8-12)16(17(15)21)19-18(22)13-9-5-2-6-10-13/h1-10,14-17,20-21H,11H2,(H,19,22)/t14-,15-,16-,17-/m1/s1. The summed E-state index contributed by atoms with van der Waals surface area (Å²) in [7, 11) is 0. The largest absolute Gasteiger partial charge is 0.390 e. The SMILES string of the molecule is O=C(N[C@H]1[C@H](O)[C@H](O)C[C@@H]1c1ccccc1)c1ccccc1. The Morgan fingerprint density at radius 2 is 1.55 bits per heavy atom. The van der Waals surface area contributed by atoms with Crippen LogP contribution >= 0.6 is 0 Å². The predicted octanol–water partition coefficient (Wildman–Crippen LogP) is 1.69. The molecule has 4 nitrogen and oxygen atoms in total. The second kappa shape index (κ2) is 6.30. The van der Waals surface area contributed by atoms with Crippen LogP contribution in [0, 0.1) is 0 Å². The van der Waals surface area contributed by atoms with E-state index in [9.17, 15) is 15.0 Å². The van der Waals surface area contributed by atoms with Gasteiger partial charge in [-0.15, -0.1) is 0 Å². The van der Waals surface area contributed by atoms with Gasteiger partial charge in [-0.2, -0.15) is 0 Å². The van der Waals surface area contributed by atoms with Gasteiger partial charge in [-0.1, -0.05) is 48.5 Å². The van der Waals surface area contributed by atoms with Gasteiger partial charge in [0, 0.05) is 11.5 Å². The monoisotopic (exact) mass is 297 g/mol. The Labute approximate surface area is 129 Å². The van der Waals surface area contributed by atoms with Crippen molar-refractivity contribution in [2.75, 3.05) is 0 Å². The van der Waals surface area contributed by atoms with Crippen LogP contribution in [0.2, 0.25) is 0 Å². The molecule has 2 aromatic carbocycles. The number of hydrogen-bond donors (Lipinski definition) is 3. The van der Waals surface area contributed by atoms with Crippen LogP contribution in [0.4, 0.5) is 0 Å². The molecule has 1 aliphatic rings. The van der Waals surface area contributed by atoms with E-state index in [2.05, 4.69) is 5.32 Å². The molecule has 0 radical (unpaired) electrons. The van der Waals surface area contributed by atoms with E-state index in [1.54, 1.807) is 24.3 Å². The van der Waals surface area contributed by atoms with Gasteiger partial charge in [0.15, 0.2) is 0 Å². The smallest absolute Gasteiger partial charge is 0.251 e. The number of aliphatic hydroxyl groups excluding tert-OH is 2. The molecule has 0 heterocycles. The maximum Gasteiger partial charge on any atom is 0.251 e. The van der Waals surface area contributed by atoms with Crippen LogP contribution in [0.1, 0.15) is 28.3 Å². The topological polar surface area (TPSA) is 69.6 Å². The summed E-state index contributed by atoms with van der Waals surface area (Å²) >= 11 is 0. The summed E-state index contributed by atoms with van der Waals surface area (Å²) in [5, 5.41) is 23.1. The Morgan fingerprint density at radius 3 is 2.18 bits per heavy atom. The van der Waals surface area contributed by atoms with Gasteiger partial charge >= 0.3 is 0 Å². The summed E-state index contributed by atoms with van der Waals surface area (Å²) < 4.78 is 0. The minimum absolute atomic E-state index is 0.0983. The van der Waals surface area contributed by atoms with Gasteiger partial charge in [0.1, 0.15) is 6.10 Å². The van der Waals surface area contributed by atoms with Crippen molar-refractivity contribution in [3.8, 4) is 0 Å². The van der Waals surface area contributed by atoms with Crippen LogP contribution in [0.5, 0.6) is 0 Å². The highest BCUT2D eigenvalue weighted by molar-refractivity contribution is 5.94. The van der Waals surface area contributed by atoms with Crippen LogP contribution in [-0.4, -0.2) is 34.4 Å². The number of carbonyl (C=O) groups is 1. The average Bonchev–Trinajstić information content (AvgIpc) is 2.85. The third kappa shape index (κ3) is 2.89. The minimum atomic E-state index is -0.960. The van der Waals surface area contributed by atoms with E-state index in [4.69, 9.17) is 0 Å². The molecular formula is C18H19NO3. The molecule has 0 aromatic heterocycles. The molecule has 0 spiro atoms. The van der Waals surface area contributed by atoms with Gasteiger partial charge in [0.25, 0.3) is 5.91 Å². The molecule has 4 heteroatoms. The molecule has 22 heavy (non-hydrogen) atoms. The lowest BCUT2D eigenvalue weighted by atomic mass is 9.93. The Hall–Kier alpha value is -2.17. The first-order valence-electron chi connectivity index (χ1n) is 7.44. The predicted molar refractivity (Wildman–Crippen MR) is 83.5 cm³/mol. The fraction of sp³-hybridized carbons (Fsp3) is 0.278. The van der Waals surface area contributed by atoms with E-state index in [1.807, 2.05) is 36.4 Å². The van der Waals surface area contributed by atoms with Crippen LogP contribution in [0.25, 0.3) is 0 Å². The molecule has 3 rings (SSSR count). The van der Waals surface area contributed by atoms with Crippen LogP contribution < -0.4 is 5.32 Å². The average molecular weight is 297 g/mol. The lowest BCUT2D eigenvalue weighted by Gasteiger charge is -2.24. The number of aliphatic hydroxyl groups is 2. The van der Waals surface area contributed by atoms with Crippen molar-refractivity contribution >= 4 is 5.91 Å². The minimum Gasteiger partial charge on any atom is -0.390 e. The molecule has 3 N–H and O–H groups in total. The number of hydrogen-bond acceptors (Lipinski definition) is 3. The maximum atomic E-state index is 12.3. The van der Waals surface area contributed by atoms with Crippen LogP contribution in [0.3, 0.4) is 0 Å². The van der Waals surface area contributed by atoms with Crippen molar-refractivity contribution in [1.82, 2.24) is 5.32 Å². The summed E-state index contributed by atoms with van der Waals surface area (Å²) in [6.07, 6.45) is -1.35. The summed E-state index contributed by atoms with van der Waals surface area (Å²) in [4.78, 5) is 12.3. The molecule has 0 saturated heterocycles. The van der Waals surface area contributed by atoms with Gasteiger partial charge < -0.3 is 15.5 Å². The Kier molecular flexibility index (Phi) is 4.22. The van der Waals surface area contributed by atoms with Gasteiger partial charge in [-0.3, -0.25) is 4.79 Å². The zero-order chi connectivity index (χ0) is 15.5. The molecule has 0 bridgehead atoms. The Bertz CT molecular complexity index is 629. The summed E-state index contributed by atoms with van der Waals surface area (Å²) in [6.45, 7) is 0. The third-order valence-electron chi connectivity index (χ3n) is 4.25. The Morgan fingerprint density at radius 1 is 0.955 bits per heavy atom. The summed E-state index contributed by atoms with van der Waals surface area (Å²) in [5.74, 6) is -0.335. The lowest BCUT2D eigenvalue weighted by Crippen LogP contribution is -2.45. The normalized spacial score (nSPS) is 27.5. The van der Waals surface area contributed by atoms with Gasteiger partial charge in [0.05, 0.1) is 12.1 Å². The van der Waals surface area contributed by atoms with Crippen molar-refractivity contribution in [2.24, 2.45) is 0 Å². The highest BCUT2D eigenvalue weighted by Gasteiger charge is 2.43. The first-order chi connectivity index (χ1) is 10.7. The van der Waals surface area contributed by atoms with E-state index in [1.165, 1.54) is 0 Å². The van der Waals surface area contributed by atoms with Crippen molar-refractivity contribution in [2.45, 2.75) is 30.6 Å². The van der Waals surface area contributed by atoms with Crippen molar-refractivity contribution in [1.29, 1.82) is 0 Å². The molecule has 1 fully saturated rings. The van der Waals surface area contributed by atoms with E-state index in [0.717, 1.165) is 5.56 Å². The van der Waals surface area contributed by atoms with E-state index in [0.29, 0.717) is 12.0 Å². The quantitative estimate of drug-likeness (QED) is 0.807. The van der Waals surface area contributed by atoms with Gasteiger partial charge in [0.2, 0.25) is 0 Å². The fourth-order valence-electron chi connectivity index (χ4n) is 3.08. The van der Waals surface area contributed by atoms with E-state index in [-0.39, 0.29) is 11.8 Å². The fourth-order valence-corrected chi connectivity index (χ4v) is 3.08. The number of rotatable bonds is 3. The van der Waals surface area contributed by atoms with E-state index < -0.39 is 18.2 Å². The molecular weight excluding hydrogens is 278 g/mol. The molecule has 114 valence electrons. The molecule has 2 aromatic rings. The maximum absolute atomic E-state index is 12.3. The lowest BCUT2D eigenvalue weighted by molar-refractivity contribution is 0.0294. The zero-order valence-corrected chi connectivity index (χ0v) is 12.1. The first kappa shape index (κ1) is 14.8. The molecule has 1 amide bonds. The highest BCUT2D eigenvalue weighted by atomic mass is 16.3.